The van der Waals surface area contributed by atoms with Gasteiger partial charge in [0.05, 0.1) is 0 Å². The van der Waals surface area contributed by atoms with Crippen molar-refractivity contribution in [1.82, 2.24) is 0 Å². The largest absolute Gasteiger partial charge is 0.0622 e. The van der Waals surface area contributed by atoms with Crippen molar-refractivity contribution >= 4 is 0 Å². The molecule has 2 aliphatic rings. The zero-order valence-corrected chi connectivity index (χ0v) is 12.5. The van der Waals surface area contributed by atoms with E-state index in [-0.39, 0.29) is 0 Å². The van der Waals surface area contributed by atoms with Crippen LogP contribution in [-0.2, 0) is 6.42 Å². The Bertz CT molecular complexity index is 392. The Balaban J connectivity index is 1.40. The van der Waals surface area contributed by atoms with Gasteiger partial charge in [-0.15, -0.1) is 0 Å². The highest BCUT2D eigenvalue weighted by Gasteiger charge is 2.47. The van der Waals surface area contributed by atoms with Gasteiger partial charge in [-0.1, -0.05) is 57.0 Å². The summed E-state index contributed by atoms with van der Waals surface area (Å²) in [5.41, 5.74) is 1.51. The molecule has 0 radical (unpaired) electrons. The molecule has 2 aliphatic carbocycles. The van der Waals surface area contributed by atoms with E-state index in [1.54, 1.807) is 12.8 Å². The Morgan fingerprint density at radius 1 is 0.947 bits per heavy atom. The SMILES string of the molecule is CC1C2CC(CCCCc3ccccc3)C(C2)C1C. The first-order valence-corrected chi connectivity index (χ1v) is 8.29. The molecule has 0 nitrogen and oxygen atoms in total. The van der Waals surface area contributed by atoms with Crippen molar-refractivity contribution in [3.63, 3.8) is 0 Å². The Labute approximate surface area is 118 Å². The molecule has 0 saturated heterocycles. The lowest BCUT2D eigenvalue weighted by Crippen LogP contribution is -2.24. The molecule has 19 heavy (non-hydrogen) atoms. The molecule has 2 fully saturated rings. The molecular formula is C19H28. The van der Waals surface area contributed by atoms with Crippen molar-refractivity contribution < 1.29 is 0 Å². The first-order chi connectivity index (χ1) is 9.25. The zero-order valence-electron chi connectivity index (χ0n) is 12.5. The lowest BCUT2D eigenvalue weighted by molar-refractivity contribution is 0.179. The number of aryl methyl sites for hydroxylation is 1. The highest BCUT2D eigenvalue weighted by atomic mass is 14.5. The van der Waals surface area contributed by atoms with Gasteiger partial charge in [0.1, 0.15) is 0 Å². The third-order valence-electron chi connectivity index (χ3n) is 6.17. The van der Waals surface area contributed by atoms with E-state index in [1.165, 1.54) is 31.2 Å². The molecule has 1 aromatic rings. The number of hydrogen-bond acceptors (Lipinski definition) is 0. The van der Waals surface area contributed by atoms with Gasteiger partial charge in [-0.25, -0.2) is 0 Å². The summed E-state index contributed by atoms with van der Waals surface area (Å²) in [6.45, 7) is 4.99. The highest BCUT2D eigenvalue weighted by molar-refractivity contribution is 5.14. The maximum atomic E-state index is 2.51. The third-order valence-corrected chi connectivity index (χ3v) is 6.17. The van der Waals surface area contributed by atoms with Crippen LogP contribution in [0.25, 0.3) is 0 Å². The van der Waals surface area contributed by atoms with E-state index in [0.29, 0.717) is 0 Å². The Kier molecular flexibility index (Phi) is 3.96. The molecule has 0 N–H and O–H groups in total. The van der Waals surface area contributed by atoms with Crippen LogP contribution >= 0.6 is 0 Å². The average molecular weight is 256 g/mol. The Morgan fingerprint density at radius 2 is 1.74 bits per heavy atom. The van der Waals surface area contributed by atoms with Gasteiger partial charge in [0.25, 0.3) is 0 Å². The predicted molar refractivity (Wildman–Crippen MR) is 82.0 cm³/mol. The minimum Gasteiger partial charge on any atom is -0.0622 e. The first-order valence-electron chi connectivity index (χ1n) is 8.29. The van der Waals surface area contributed by atoms with Crippen LogP contribution in [-0.4, -0.2) is 0 Å². The quantitative estimate of drug-likeness (QED) is 0.625. The zero-order chi connectivity index (χ0) is 13.2. The number of hydrogen-bond donors (Lipinski definition) is 0. The summed E-state index contributed by atoms with van der Waals surface area (Å²) in [5.74, 6) is 5.20. The van der Waals surface area contributed by atoms with Crippen LogP contribution in [0.2, 0.25) is 0 Å². The van der Waals surface area contributed by atoms with Crippen LogP contribution in [0.4, 0.5) is 0 Å². The molecule has 0 heterocycles. The summed E-state index contributed by atoms with van der Waals surface area (Å²) in [6, 6.07) is 11.0. The molecule has 3 rings (SSSR count). The number of benzene rings is 1. The van der Waals surface area contributed by atoms with Crippen LogP contribution in [0.5, 0.6) is 0 Å². The van der Waals surface area contributed by atoms with E-state index in [9.17, 15) is 0 Å². The molecular weight excluding hydrogens is 228 g/mol. The smallest absolute Gasteiger partial charge is 0.0279 e. The van der Waals surface area contributed by atoms with Crippen molar-refractivity contribution in [3.8, 4) is 0 Å². The Morgan fingerprint density at radius 3 is 2.42 bits per heavy atom. The molecule has 2 saturated carbocycles. The monoisotopic (exact) mass is 256 g/mol. The summed E-state index contributed by atoms with van der Waals surface area (Å²) < 4.78 is 0. The fourth-order valence-electron chi connectivity index (χ4n) is 4.81. The van der Waals surface area contributed by atoms with Gasteiger partial charge in [0.15, 0.2) is 0 Å². The molecule has 0 aliphatic heterocycles. The number of unbranched alkanes of at least 4 members (excludes halogenated alkanes) is 1. The average Bonchev–Trinajstić information content (AvgIpc) is 2.97. The van der Waals surface area contributed by atoms with Gasteiger partial charge in [-0.2, -0.15) is 0 Å². The summed E-state index contributed by atoms with van der Waals surface area (Å²) in [7, 11) is 0. The minimum atomic E-state index is 0.998. The maximum absolute atomic E-state index is 2.51. The van der Waals surface area contributed by atoms with Crippen molar-refractivity contribution in [2.24, 2.45) is 29.6 Å². The van der Waals surface area contributed by atoms with E-state index in [1.807, 2.05) is 0 Å². The molecule has 0 heteroatoms. The topological polar surface area (TPSA) is 0 Å². The van der Waals surface area contributed by atoms with Gasteiger partial charge in [0, 0.05) is 0 Å². The number of fused-ring (bicyclic) bond motifs is 2. The second-order valence-electron chi connectivity index (χ2n) is 7.11. The lowest BCUT2D eigenvalue weighted by Gasteiger charge is -2.31. The second-order valence-corrected chi connectivity index (χ2v) is 7.11. The second kappa shape index (κ2) is 5.69. The van der Waals surface area contributed by atoms with Gasteiger partial charge < -0.3 is 0 Å². The summed E-state index contributed by atoms with van der Waals surface area (Å²) >= 11 is 0. The van der Waals surface area contributed by atoms with Gasteiger partial charge in [0.2, 0.25) is 0 Å². The van der Waals surface area contributed by atoms with E-state index < -0.39 is 0 Å². The lowest BCUT2D eigenvalue weighted by atomic mass is 9.74. The molecule has 104 valence electrons. The standard InChI is InChI=1S/C19H28/c1-14-15(2)19-13-18(14)12-17(19)11-7-6-10-16-8-4-3-5-9-16/h3-5,8-9,14-15,17-19H,6-7,10-13H2,1-2H3. The Hall–Kier alpha value is -0.780. The normalized spacial score (nSPS) is 36.8. The maximum Gasteiger partial charge on any atom is -0.0279 e. The molecule has 2 bridgehead atoms. The molecule has 0 spiro atoms. The van der Waals surface area contributed by atoms with Crippen LogP contribution in [0.3, 0.4) is 0 Å². The molecule has 1 aromatic carbocycles. The predicted octanol–water partition coefficient (Wildman–Crippen LogP) is 5.33. The van der Waals surface area contributed by atoms with Crippen molar-refractivity contribution in [3.05, 3.63) is 35.9 Å². The molecule has 0 amide bonds. The van der Waals surface area contributed by atoms with E-state index >= 15 is 0 Å². The van der Waals surface area contributed by atoms with Crippen LogP contribution in [0.1, 0.15) is 51.5 Å². The van der Waals surface area contributed by atoms with E-state index in [2.05, 4.69) is 44.2 Å². The fourth-order valence-corrected chi connectivity index (χ4v) is 4.81. The number of rotatable bonds is 5. The third kappa shape index (κ3) is 2.73. The minimum absolute atomic E-state index is 0.998. The fraction of sp³-hybridized carbons (Fsp3) is 0.684. The summed E-state index contributed by atoms with van der Waals surface area (Å²) in [4.78, 5) is 0. The molecule has 5 unspecified atom stereocenters. The molecule has 0 aromatic heterocycles. The van der Waals surface area contributed by atoms with Gasteiger partial charge in [-0.05, 0) is 60.8 Å². The van der Waals surface area contributed by atoms with Crippen molar-refractivity contribution in [2.75, 3.05) is 0 Å². The van der Waals surface area contributed by atoms with Crippen LogP contribution < -0.4 is 0 Å². The van der Waals surface area contributed by atoms with Gasteiger partial charge in [-0.3, -0.25) is 0 Å². The summed E-state index contributed by atoms with van der Waals surface area (Å²) in [6.07, 6.45) is 8.66. The van der Waals surface area contributed by atoms with Crippen molar-refractivity contribution in [2.45, 2.75) is 52.4 Å². The van der Waals surface area contributed by atoms with Gasteiger partial charge >= 0.3 is 0 Å². The van der Waals surface area contributed by atoms with E-state index in [0.717, 1.165) is 29.6 Å². The van der Waals surface area contributed by atoms with E-state index in [4.69, 9.17) is 0 Å². The van der Waals surface area contributed by atoms with Crippen LogP contribution in [0.15, 0.2) is 30.3 Å². The molecule has 5 atom stereocenters. The van der Waals surface area contributed by atoms with Crippen LogP contribution in [0, 0.1) is 29.6 Å². The first kappa shape index (κ1) is 13.2. The van der Waals surface area contributed by atoms with Crippen molar-refractivity contribution in [1.29, 1.82) is 0 Å². The summed E-state index contributed by atoms with van der Waals surface area (Å²) in [5, 5.41) is 0. The highest BCUT2D eigenvalue weighted by Crippen LogP contribution is 2.56.